The molecular weight excluding hydrogens is 310 g/mol. The molecule has 1 N–H and O–H groups in total. The van der Waals surface area contributed by atoms with E-state index in [1.165, 1.54) is 19.3 Å². The smallest absolute Gasteiger partial charge is 0.233 e. The standard InChI is InChI=1S/C18H25NO3S/c1-12-5-3-4-6-15(12)19-18(20)13(2)23-14-7-8-16-17(11-14)22-10-9-21-16/h7-8,11-13,15H,3-6,9-10H2,1-2H3,(H,19,20)/t12-,13-,15+/m1/s1. The third-order valence-corrected chi connectivity index (χ3v) is 5.73. The van der Waals surface area contributed by atoms with Gasteiger partial charge in [-0.15, -0.1) is 11.8 Å². The van der Waals surface area contributed by atoms with E-state index in [0.717, 1.165) is 22.8 Å². The fraction of sp³-hybridized carbons (Fsp3) is 0.611. The van der Waals surface area contributed by atoms with Gasteiger partial charge in [-0.25, -0.2) is 0 Å². The van der Waals surface area contributed by atoms with Crippen molar-refractivity contribution in [3.8, 4) is 11.5 Å². The molecule has 0 bridgehead atoms. The van der Waals surface area contributed by atoms with Crippen LogP contribution in [0.3, 0.4) is 0 Å². The van der Waals surface area contributed by atoms with Crippen LogP contribution in [0.2, 0.25) is 0 Å². The average Bonchev–Trinajstić information content (AvgIpc) is 2.56. The van der Waals surface area contributed by atoms with Gasteiger partial charge in [0.25, 0.3) is 0 Å². The normalized spacial score (nSPS) is 24.8. The fourth-order valence-corrected chi connectivity index (χ4v) is 4.09. The average molecular weight is 335 g/mol. The van der Waals surface area contributed by atoms with Gasteiger partial charge in [0.15, 0.2) is 11.5 Å². The number of thioether (sulfide) groups is 1. The van der Waals surface area contributed by atoms with Crippen LogP contribution in [-0.2, 0) is 4.79 Å². The Morgan fingerprint density at radius 2 is 1.96 bits per heavy atom. The molecule has 1 aromatic carbocycles. The number of benzene rings is 1. The van der Waals surface area contributed by atoms with Crippen LogP contribution in [0.5, 0.6) is 11.5 Å². The van der Waals surface area contributed by atoms with Crippen LogP contribution >= 0.6 is 11.8 Å². The Labute approximate surface area is 142 Å². The van der Waals surface area contributed by atoms with Crippen LogP contribution in [-0.4, -0.2) is 30.4 Å². The van der Waals surface area contributed by atoms with E-state index in [0.29, 0.717) is 25.2 Å². The number of fused-ring (bicyclic) bond motifs is 1. The van der Waals surface area contributed by atoms with Crippen molar-refractivity contribution in [2.75, 3.05) is 13.2 Å². The molecule has 2 aliphatic rings. The van der Waals surface area contributed by atoms with E-state index >= 15 is 0 Å². The van der Waals surface area contributed by atoms with E-state index in [-0.39, 0.29) is 11.2 Å². The zero-order valence-corrected chi connectivity index (χ0v) is 14.7. The predicted octanol–water partition coefficient (Wildman–Crippen LogP) is 3.63. The van der Waals surface area contributed by atoms with Crippen LogP contribution in [0.25, 0.3) is 0 Å². The van der Waals surface area contributed by atoms with Crippen molar-refractivity contribution in [2.24, 2.45) is 5.92 Å². The number of carbonyl (C=O) groups is 1. The lowest BCUT2D eigenvalue weighted by atomic mass is 9.86. The summed E-state index contributed by atoms with van der Waals surface area (Å²) in [5.74, 6) is 2.27. The molecule has 1 heterocycles. The summed E-state index contributed by atoms with van der Waals surface area (Å²) in [4.78, 5) is 13.5. The minimum atomic E-state index is -0.119. The lowest BCUT2D eigenvalue weighted by Gasteiger charge is -2.30. The minimum Gasteiger partial charge on any atom is -0.486 e. The van der Waals surface area contributed by atoms with Crippen molar-refractivity contribution in [1.29, 1.82) is 0 Å². The third kappa shape index (κ3) is 4.14. The molecule has 1 aromatic rings. The predicted molar refractivity (Wildman–Crippen MR) is 92.3 cm³/mol. The highest BCUT2D eigenvalue weighted by molar-refractivity contribution is 8.00. The van der Waals surface area contributed by atoms with Crippen molar-refractivity contribution < 1.29 is 14.3 Å². The maximum Gasteiger partial charge on any atom is 0.233 e. The van der Waals surface area contributed by atoms with Crippen LogP contribution in [0.15, 0.2) is 23.1 Å². The second kappa shape index (κ2) is 7.47. The van der Waals surface area contributed by atoms with E-state index in [1.807, 2.05) is 25.1 Å². The second-order valence-corrected chi connectivity index (χ2v) is 7.86. The van der Waals surface area contributed by atoms with Crippen molar-refractivity contribution in [3.63, 3.8) is 0 Å². The number of amides is 1. The molecular formula is C18H25NO3S. The Balaban J connectivity index is 1.57. The highest BCUT2D eigenvalue weighted by atomic mass is 32.2. The Morgan fingerprint density at radius 1 is 1.22 bits per heavy atom. The van der Waals surface area contributed by atoms with Gasteiger partial charge in [0.05, 0.1) is 5.25 Å². The first-order valence-electron chi connectivity index (χ1n) is 8.50. The Hall–Kier alpha value is -1.36. The summed E-state index contributed by atoms with van der Waals surface area (Å²) in [6, 6.07) is 6.21. The van der Waals surface area contributed by atoms with E-state index in [4.69, 9.17) is 9.47 Å². The largest absolute Gasteiger partial charge is 0.486 e. The summed E-state index contributed by atoms with van der Waals surface area (Å²) in [7, 11) is 0. The molecule has 0 unspecified atom stereocenters. The number of ether oxygens (including phenoxy) is 2. The summed E-state index contributed by atoms with van der Waals surface area (Å²) in [6.07, 6.45) is 4.83. The van der Waals surface area contributed by atoms with Gasteiger partial charge in [-0.05, 0) is 43.9 Å². The maximum absolute atomic E-state index is 12.5. The molecule has 3 atom stereocenters. The molecule has 1 aliphatic heterocycles. The lowest BCUT2D eigenvalue weighted by molar-refractivity contribution is -0.121. The monoisotopic (exact) mass is 335 g/mol. The van der Waals surface area contributed by atoms with E-state index < -0.39 is 0 Å². The molecule has 0 aromatic heterocycles. The Kier molecular flexibility index (Phi) is 5.36. The van der Waals surface area contributed by atoms with Crippen molar-refractivity contribution in [1.82, 2.24) is 5.32 Å². The number of carbonyl (C=O) groups excluding carboxylic acids is 1. The van der Waals surface area contributed by atoms with Crippen LogP contribution in [0.4, 0.5) is 0 Å². The van der Waals surface area contributed by atoms with E-state index in [9.17, 15) is 4.79 Å². The summed E-state index contributed by atoms with van der Waals surface area (Å²) in [6.45, 7) is 5.38. The quantitative estimate of drug-likeness (QED) is 0.854. The third-order valence-electron chi connectivity index (χ3n) is 4.63. The molecule has 126 valence electrons. The van der Waals surface area contributed by atoms with E-state index in [2.05, 4.69) is 12.2 Å². The van der Waals surface area contributed by atoms with Crippen LogP contribution in [0, 0.1) is 5.92 Å². The molecule has 5 heteroatoms. The number of hydrogen-bond acceptors (Lipinski definition) is 4. The molecule has 0 radical (unpaired) electrons. The first-order valence-corrected chi connectivity index (χ1v) is 9.38. The molecule has 1 aliphatic carbocycles. The van der Waals surface area contributed by atoms with Gasteiger partial charge in [0, 0.05) is 10.9 Å². The number of nitrogens with one attached hydrogen (secondary N) is 1. The SMILES string of the molecule is C[C@@H]1CCCC[C@@H]1NC(=O)[C@@H](C)Sc1ccc2c(c1)OCCO2. The van der Waals surface area contributed by atoms with Gasteiger partial charge in [-0.1, -0.05) is 19.8 Å². The lowest BCUT2D eigenvalue weighted by Crippen LogP contribution is -2.44. The molecule has 1 amide bonds. The summed E-state index contributed by atoms with van der Waals surface area (Å²) < 4.78 is 11.1. The molecule has 4 nitrogen and oxygen atoms in total. The summed E-state index contributed by atoms with van der Waals surface area (Å²) >= 11 is 1.57. The molecule has 3 rings (SSSR count). The van der Waals surface area contributed by atoms with Crippen LogP contribution < -0.4 is 14.8 Å². The molecule has 1 fully saturated rings. The second-order valence-electron chi connectivity index (χ2n) is 6.44. The topological polar surface area (TPSA) is 47.6 Å². The molecule has 0 saturated heterocycles. The maximum atomic E-state index is 12.5. The number of hydrogen-bond donors (Lipinski definition) is 1. The summed E-state index contributed by atoms with van der Waals surface area (Å²) in [5.41, 5.74) is 0. The minimum absolute atomic E-state index is 0.119. The Bertz CT molecular complexity index is 563. The summed E-state index contributed by atoms with van der Waals surface area (Å²) in [5, 5.41) is 3.12. The van der Waals surface area contributed by atoms with Crippen molar-refractivity contribution in [2.45, 2.75) is 55.7 Å². The molecule has 23 heavy (non-hydrogen) atoms. The van der Waals surface area contributed by atoms with Crippen molar-refractivity contribution in [3.05, 3.63) is 18.2 Å². The van der Waals surface area contributed by atoms with Gasteiger partial charge in [0.1, 0.15) is 13.2 Å². The van der Waals surface area contributed by atoms with Gasteiger partial charge in [-0.2, -0.15) is 0 Å². The fourth-order valence-electron chi connectivity index (χ4n) is 3.19. The van der Waals surface area contributed by atoms with Gasteiger partial charge < -0.3 is 14.8 Å². The first kappa shape index (κ1) is 16.5. The van der Waals surface area contributed by atoms with Gasteiger partial charge in [-0.3, -0.25) is 4.79 Å². The van der Waals surface area contributed by atoms with Crippen LogP contribution in [0.1, 0.15) is 39.5 Å². The first-order chi connectivity index (χ1) is 11.1. The van der Waals surface area contributed by atoms with Gasteiger partial charge >= 0.3 is 0 Å². The van der Waals surface area contributed by atoms with Crippen molar-refractivity contribution >= 4 is 17.7 Å². The number of rotatable bonds is 4. The van der Waals surface area contributed by atoms with Gasteiger partial charge in [0.2, 0.25) is 5.91 Å². The Morgan fingerprint density at radius 3 is 2.74 bits per heavy atom. The zero-order valence-electron chi connectivity index (χ0n) is 13.8. The highest BCUT2D eigenvalue weighted by Gasteiger charge is 2.25. The molecule has 0 spiro atoms. The zero-order chi connectivity index (χ0) is 16.2. The highest BCUT2D eigenvalue weighted by Crippen LogP contribution is 2.35. The molecule has 1 saturated carbocycles. The van der Waals surface area contributed by atoms with E-state index in [1.54, 1.807) is 11.8 Å².